The van der Waals surface area contributed by atoms with Gasteiger partial charge in [0.15, 0.2) is 0 Å². The number of aromatic amines is 1. The maximum atomic E-state index is 14.0. The van der Waals surface area contributed by atoms with E-state index in [0.717, 1.165) is 48.2 Å². The molecule has 0 bridgehead atoms. The minimum absolute atomic E-state index is 0.0655. The number of aromatic nitrogens is 4. The molecular formula is C20H18FN5O. The monoisotopic (exact) mass is 363 g/mol. The third kappa shape index (κ3) is 2.58. The van der Waals surface area contributed by atoms with Crippen LogP contribution in [0.1, 0.15) is 18.9 Å². The van der Waals surface area contributed by atoms with Crippen LogP contribution in [0, 0.1) is 5.82 Å². The molecule has 1 N–H and O–H groups in total. The number of H-pyrrole nitrogens is 1. The van der Waals surface area contributed by atoms with Crippen molar-refractivity contribution in [2.45, 2.75) is 18.9 Å². The number of hydrogen-bond donors (Lipinski definition) is 1. The summed E-state index contributed by atoms with van der Waals surface area (Å²) in [6, 6.07) is 12.8. The van der Waals surface area contributed by atoms with Gasteiger partial charge >= 0.3 is 5.69 Å². The van der Waals surface area contributed by atoms with Crippen LogP contribution in [0.3, 0.4) is 0 Å². The van der Waals surface area contributed by atoms with Gasteiger partial charge in [-0.1, -0.05) is 18.2 Å². The summed E-state index contributed by atoms with van der Waals surface area (Å²) in [6.45, 7) is 1.50. The van der Waals surface area contributed by atoms with E-state index < -0.39 is 0 Å². The molecule has 1 aliphatic rings. The predicted octanol–water partition coefficient (Wildman–Crippen LogP) is 3.25. The zero-order valence-corrected chi connectivity index (χ0v) is 14.6. The first-order chi connectivity index (χ1) is 13.2. The van der Waals surface area contributed by atoms with Gasteiger partial charge in [0.1, 0.15) is 23.5 Å². The normalized spacial score (nSPS) is 15.7. The number of benzene rings is 2. The van der Waals surface area contributed by atoms with Crippen molar-refractivity contribution in [3.63, 3.8) is 0 Å². The second kappa shape index (κ2) is 6.19. The summed E-state index contributed by atoms with van der Waals surface area (Å²) in [5.41, 5.74) is 2.08. The van der Waals surface area contributed by atoms with E-state index in [0.29, 0.717) is 5.52 Å². The lowest BCUT2D eigenvalue weighted by Crippen LogP contribution is -2.37. The summed E-state index contributed by atoms with van der Waals surface area (Å²) in [7, 11) is 0. The number of para-hydroxylation sites is 3. The molecular weight excluding hydrogens is 345 g/mol. The lowest BCUT2D eigenvalue weighted by Gasteiger charge is -2.33. The number of nitrogens with zero attached hydrogens (tertiary/aromatic N) is 4. The molecule has 1 aliphatic heterocycles. The van der Waals surface area contributed by atoms with Crippen LogP contribution in [0.4, 0.5) is 10.2 Å². The third-order valence-electron chi connectivity index (χ3n) is 5.35. The highest BCUT2D eigenvalue weighted by Crippen LogP contribution is 2.30. The molecule has 0 amide bonds. The van der Waals surface area contributed by atoms with Gasteiger partial charge < -0.3 is 9.88 Å². The average molecular weight is 363 g/mol. The van der Waals surface area contributed by atoms with Crippen molar-refractivity contribution in [3.8, 4) is 0 Å². The summed E-state index contributed by atoms with van der Waals surface area (Å²) in [4.78, 5) is 26.0. The molecule has 5 rings (SSSR count). The number of anilines is 1. The predicted molar refractivity (Wildman–Crippen MR) is 103 cm³/mol. The molecule has 1 saturated heterocycles. The SMILES string of the molecule is O=c1[nH]c2ccccc2n1C1CCN(c2ncnc3c(F)cccc23)CC1. The number of piperidine rings is 1. The number of imidazole rings is 1. The van der Waals surface area contributed by atoms with Crippen LogP contribution < -0.4 is 10.6 Å². The molecule has 136 valence electrons. The fraction of sp³-hybridized carbons (Fsp3) is 0.250. The van der Waals surface area contributed by atoms with E-state index in [-0.39, 0.29) is 17.5 Å². The van der Waals surface area contributed by atoms with Crippen LogP contribution in [0.5, 0.6) is 0 Å². The summed E-state index contributed by atoms with van der Waals surface area (Å²) in [6.07, 6.45) is 3.06. The third-order valence-corrected chi connectivity index (χ3v) is 5.35. The van der Waals surface area contributed by atoms with Gasteiger partial charge in [-0.25, -0.2) is 19.2 Å². The van der Waals surface area contributed by atoms with Crippen LogP contribution in [0.15, 0.2) is 53.6 Å². The van der Waals surface area contributed by atoms with Crippen LogP contribution in [-0.2, 0) is 0 Å². The summed E-state index contributed by atoms with van der Waals surface area (Å²) >= 11 is 0. The first kappa shape index (κ1) is 16.0. The molecule has 0 spiro atoms. The quantitative estimate of drug-likeness (QED) is 0.594. The molecule has 0 aliphatic carbocycles. The minimum Gasteiger partial charge on any atom is -0.356 e. The maximum Gasteiger partial charge on any atom is 0.326 e. The Morgan fingerprint density at radius 2 is 1.85 bits per heavy atom. The number of nitrogens with one attached hydrogen (secondary N) is 1. The van der Waals surface area contributed by atoms with Gasteiger partial charge in [0.2, 0.25) is 0 Å². The fourth-order valence-electron chi connectivity index (χ4n) is 4.06. The van der Waals surface area contributed by atoms with Crippen LogP contribution in [0.25, 0.3) is 21.9 Å². The maximum absolute atomic E-state index is 14.0. The van der Waals surface area contributed by atoms with Gasteiger partial charge in [-0.2, -0.15) is 0 Å². The molecule has 4 aromatic rings. The topological polar surface area (TPSA) is 66.8 Å². The number of hydrogen-bond acceptors (Lipinski definition) is 4. The fourth-order valence-corrected chi connectivity index (χ4v) is 4.06. The lowest BCUT2D eigenvalue weighted by molar-refractivity contribution is 0.395. The molecule has 0 radical (unpaired) electrons. The van der Waals surface area contributed by atoms with Crippen molar-refractivity contribution in [1.29, 1.82) is 0 Å². The van der Waals surface area contributed by atoms with Crippen molar-refractivity contribution >= 4 is 27.8 Å². The molecule has 7 heteroatoms. The standard InChI is InChI=1S/C20H18FN5O/c21-15-5-3-4-14-18(15)22-12-23-19(14)25-10-8-13(9-11-25)26-17-7-2-1-6-16(17)24-20(26)27/h1-7,12-13H,8-11H2,(H,24,27). The average Bonchev–Trinajstić information content (AvgIpc) is 3.04. The highest BCUT2D eigenvalue weighted by Gasteiger charge is 2.25. The van der Waals surface area contributed by atoms with Crippen LogP contribution in [-0.4, -0.2) is 32.6 Å². The van der Waals surface area contributed by atoms with Crippen molar-refractivity contribution in [3.05, 3.63) is 65.1 Å². The second-order valence-corrected chi connectivity index (χ2v) is 6.87. The van der Waals surface area contributed by atoms with Crippen molar-refractivity contribution in [2.24, 2.45) is 0 Å². The Morgan fingerprint density at radius 1 is 1.04 bits per heavy atom. The molecule has 0 atom stereocenters. The van der Waals surface area contributed by atoms with Gasteiger partial charge in [0.25, 0.3) is 0 Å². The molecule has 2 aromatic carbocycles. The van der Waals surface area contributed by atoms with E-state index in [1.807, 2.05) is 34.9 Å². The van der Waals surface area contributed by atoms with E-state index in [2.05, 4.69) is 19.9 Å². The Labute approximate surface area is 154 Å². The molecule has 0 unspecified atom stereocenters. The largest absolute Gasteiger partial charge is 0.356 e. The molecule has 6 nitrogen and oxygen atoms in total. The van der Waals surface area contributed by atoms with E-state index >= 15 is 0 Å². The Kier molecular flexibility index (Phi) is 3.67. The smallest absolute Gasteiger partial charge is 0.326 e. The van der Waals surface area contributed by atoms with Gasteiger partial charge in [0, 0.05) is 24.5 Å². The Bertz CT molecular complexity index is 1190. The van der Waals surface area contributed by atoms with E-state index in [1.165, 1.54) is 12.4 Å². The van der Waals surface area contributed by atoms with Gasteiger partial charge in [-0.15, -0.1) is 0 Å². The molecule has 3 heterocycles. The van der Waals surface area contributed by atoms with Gasteiger partial charge in [0.05, 0.1) is 11.0 Å². The Hall–Kier alpha value is -3.22. The van der Waals surface area contributed by atoms with E-state index in [9.17, 15) is 9.18 Å². The van der Waals surface area contributed by atoms with Gasteiger partial charge in [-0.05, 0) is 37.1 Å². The summed E-state index contributed by atoms with van der Waals surface area (Å²) < 4.78 is 15.9. The van der Waals surface area contributed by atoms with Crippen molar-refractivity contribution in [2.75, 3.05) is 18.0 Å². The van der Waals surface area contributed by atoms with Crippen LogP contribution in [0.2, 0.25) is 0 Å². The molecule has 1 fully saturated rings. The number of fused-ring (bicyclic) bond motifs is 2. The second-order valence-electron chi connectivity index (χ2n) is 6.87. The highest BCUT2D eigenvalue weighted by molar-refractivity contribution is 5.89. The highest BCUT2D eigenvalue weighted by atomic mass is 19.1. The van der Waals surface area contributed by atoms with E-state index in [4.69, 9.17) is 0 Å². The molecule has 27 heavy (non-hydrogen) atoms. The summed E-state index contributed by atoms with van der Waals surface area (Å²) in [5.74, 6) is 0.417. The Morgan fingerprint density at radius 3 is 2.70 bits per heavy atom. The zero-order valence-electron chi connectivity index (χ0n) is 14.6. The first-order valence-corrected chi connectivity index (χ1v) is 9.06. The zero-order chi connectivity index (χ0) is 18.4. The van der Waals surface area contributed by atoms with E-state index in [1.54, 1.807) is 6.07 Å². The minimum atomic E-state index is -0.337. The van der Waals surface area contributed by atoms with Crippen LogP contribution >= 0.6 is 0 Å². The molecule has 0 saturated carbocycles. The lowest BCUT2D eigenvalue weighted by atomic mass is 10.0. The van der Waals surface area contributed by atoms with Crippen molar-refractivity contribution in [1.82, 2.24) is 19.5 Å². The van der Waals surface area contributed by atoms with Gasteiger partial charge in [-0.3, -0.25) is 4.57 Å². The first-order valence-electron chi connectivity index (χ1n) is 9.06. The number of halogens is 1. The van der Waals surface area contributed by atoms with Crippen molar-refractivity contribution < 1.29 is 4.39 Å². The molecule has 2 aromatic heterocycles. The Balaban J connectivity index is 1.45. The number of rotatable bonds is 2. The summed E-state index contributed by atoms with van der Waals surface area (Å²) in [5, 5.41) is 0.722.